The van der Waals surface area contributed by atoms with Gasteiger partial charge in [-0.25, -0.2) is 4.68 Å². The van der Waals surface area contributed by atoms with Gasteiger partial charge in [0.25, 0.3) is 0 Å². The van der Waals surface area contributed by atoms with E-state index in [-0.39, 0.29) is 0 Å². The first-order valence-electron chi connectivity index (χ1n) is 7.26. The lowest BCUT2D eigenvalue weighted by molar-refractivity contribution is 0.178. The molecule has 0 atom stereocenters. The van der Waals surface area contributed by atoms with Crippen molar-refractivity contribution in [3.8, 4) is 0 Å². The Hall–Kier alpha value is -0.970. The minimum atomic E-state index is 0.718. The third kappa shape index (κ3) is 3.51. The second kappa shape index (κ2) is 6.83. The van der Waals surface area contributed by atoms with Crippen molar-refractivity contribution in [1.82, 2.24) is 25.1 Å². The van der Waals surface area contributed by atoms with E-state index in [1.165, 1.54) is 38.5 Å². The lowest BCUT2D eigenvalue weighted by atomic mass is 9.94. The molecule has 0 unspecified atom stereocenters. The molecule has 0 aliphatic heterocycles. The van der Waals surface area contributed by atoms with Crippen LogP contribution in [0.1, 0.15) is 57.7 Å². The first-order valence-corrected chi connectivity index (χ1v) is 7.26. The SMILES string of the molecule is CCCCn1nnnc1CN(C)C1CCCCC1. The third-order valence-corrected chi connectivity index (χ3v) is 3.92. The summed E-state index contributed by atoms with van der Waals surface area (Å²) in [5, 5.41) is 12.1. The van der Waals surface area contributed by atoms with Crippen LogP contribution in [0, 0.1) is 0 Å². The van der Waals surface area contributed by atoms with Gasteiger partial charge in [-0.2, -0.15) is 0 Å². The highest BCUT2D eigenvalue weighted by molar-refractivity contribution is 4.83. The van der Waals surface area contributed by atoms with E-state index in [4.69, 9.17) is 0 Å². The highest BCUT2D eigenvalue weighted by atomic mass is 15.5. The topological polar surface area (TPSA) is 46.8 Å². The number of hydrogen-bond donors (Lipinski definition) is 0. The molecule has 18 heavy (non-hydrogen) atoms. The number of rotatable bonds is 6. The average molecular weight is 251 g/mol. The molecule has 1 aromatic rings. The van der Waals surface area contributed by atoms with Crippen molar-refractivity contribution in [1.29, 1.82) is 0 Å². The molecule has 0 bridgehead atoms. The van der Waals surface area contributed by atoms with Crippen molar-refractivity contribution in [3.05, 3.63) is 5.82 Å². The summed E-state index contributed by atoms with van der Waals surface area (Å²) < 4.78 is 1.96. The molecule has 0 saturated heterocycles. The Labute approximate surface area is 110 Å². The Morgan fingerprint density at radius 2 is 2.06 bits per heavy atom. The first-order chi connectivity index (χ1) is 8.81. The van der Waals surface area contributed by atoms with Crippen molar-refractivity contribution in [3.63, 3.8) is 0 Å². The van der Waals surface area contributed by atoms with E-state index >= 15 is 0 Å². The van der Waals surface area contributed by atoms with Gasteiger partial charge in [-0.15, -0.1) is 5.10 Å². The van der Waals surface area contributed by atoms with Gasteiger partial charge in [0.2, 0.25) is 0 Å². The minimum Gasteiger partial charge on any atom is -0.296 e. The average Bonchev–Trinajstić information content (AvgIpc) is 2.84. The molecular weight excluding hydrogens is 226 g/mol. The lowest BCUT2D eigenvalue weighted by Gasteiger charge is -2.30. The molecule has 1 aromatic heterocycles. The molecule has 1 aliphatic carbocycles. The summed E-state index contributed by atoms with van der Waals surface area (Å²) >= 11 is 0. The summed E-state index contributed by atoms with van der Waals surface area (Å²) in [4.78, 5) is 2.42. The van der Waals surface area contributed by atoms with Crippen LogP contribution in [-0.4, -0.2) is 38.2 Å². The second-order valence-corrected chi connectivity index (χ2v) is 5.38. The highest BCUT2D eigenvalue weighted by Gasteiger charge is 2.19. The normalized spacial score (nSPS) is 17.5. The summed E-state index contributed by atoms with van der Waals surface area (Å²) in [5.41, 5.74) is 0. The van der Waals surface area contributed by atoms with E-state index in [0.29, 0.717) is 0 Å². The van der Waals surface area contributed by atoms with Crippen LogP contribution >= 0.6 is 0 Å². The molecule has 1 fully saturated rings. The second-order valence-electron chi connectivity index (χ2n) is 5.38. The van der Waals surface area contributed by atoms with Crippen LogP contribution in [0.25, 0.3) is 0 Å². The standard InChI is InChI=1S/C13H25N5/c1-3-4-10-18-13(14-15-16-18)11-17(2)12-8-6-5-7-9-12/h12H,3-11H2,1-2H3. The van der Waals surface area contributed by atoms with Gasteiger partial charge in [0, 0.05) is 12.6 Å². The van der Waals surface area contributed by atoms with Gasteiger partial charge in [0.15, 0.2) is 5.82 Å². The zero-order chi connectivity index (χ0) is 12.8. The Morgan fingerprint density at radius 1 is 1.28 bits per heavy atom. The molecule has 1 heterocycles. The summed E-state index contributed by atoms with van der Waals surface area (Å²) in [6, 6.07) is 0.718. The third-order valence-electron chi connectivity index (χ3n) is 3.92. The highest BCUT2D eigenvalue weighted by Crippen LogP contribution is 2.22. The van der Waals surface area contributed by atoms with Crippen LogP contribution in [0.3, 0.4) is 0 Å². The van der Waals surface area contributed by atoms with Crippen molar-refractivity contribution in [2.24, 2.45) is 0 Å². The zero-order valence-electron chi connectivity index (χ0n) is 11.7. The van der Waals surface area contributed by atoms with E-state index in [1.807, 2.05) is 4.68 Å². The van der Waals surface area contributed by atoms with Gasteiger partial charge in [-0.1, -0.05) is 32.6 Å². The predicted molar refractivity (Wildman–Crippen MR) is 71.1 cm³/mol. The van der Waals surface area contributed by atoms with Gasteiger partial charge in [0.05, 0.1) is 6.54 Å². The number of unbranched alkanes of at least 4 members (excludes halogenated alkanes) is 1. The van der Waals surface area contributed by atoms with Gasteiger partial charge >= 0.3 is 0 Å². The minimum absolute atomic E-state index is 0.718. The van der Waals surface area contributed by atoms with Crippen LogP contribution in [0.2, 0.25) is 0 Å². The molecular formula is C13H25N5. The molecule has 5 heteroatoms. The maximum Gasteiger partial charge on any atom is 0.165 e. The smallest absolute Gasteiger partial charge is 0.165 e. The fraction of sp³-hybridized carbons (Fsp3) is 0.923. The van der Waals surface area contributed by atoms with E-state index in [1.54, 1.807) is 0 Å². The maximum atomic E-state index is 4.16. The fourth-order valence-electron chi connectivity index (χ4n) is 2.69. The Bertz CT molecular complexity index is 343. The van der Waals surface area contributed by atoms with Gasteiger partial charge < -0.3 is 0 Å². The molecule has 102 valence electrons. The van der Waals surface area contributed by atoms with E-state index < -0.39 is 0 Å². The van der Waals surface area contributed by atoms with Gasteiger partial charge in [0.1, 0.15) is 0 Å². The number of nitrogens with zero attached hydrogens (tertiary/aromatic N) is 5. The van der Waals surface area contributed by atoms with Crippen molar-refractivity contribution < 1.29 is 0 Å². The summed E-state index contributed by atoms with van der Waals surface area (Å²) in [6.45, 7) is 4.01. The molecule has 1 saturated carbocycles. The van der Waals surface area contributed by atoms with E-state index in [0.717, 1.165) is 31.4 Å². The monoisotopic (exact) mass is 251 g/mol. The molecule has 5 nitrogen and oxygen atoms in total. The zero-order valence-corrected chi connectivity index (χ0v) is 11.7. The lowest BCUT2D eigenvalue weighted by Crippen LogP contribution is -2.33. The molecule has 1 aliphatic rings. The van der Waals surface area contributed by atoms with Crippen LogP contribution in [-0.2, 0) is 13.1 Å². The van der Waals surface area contributed by atoms with E-state index in [9.17, 15) is 0 Å². The van der Waals surface area contributed by atoms with Crippen molar-refractivity contribution >= 4 is 0 Å². The largest absolute Gasteiger partial charge is 0.296 e. The van der Waals surface area contributed by atoms with Crippen LogP contribution < -0.4 is 0 Å². The fourth-order valence-corrected chi connectivity index (χ4v) is 2.69. The Kier molecular flexibility index (Phi) is 5.11. The molecule has 0 N–H and O–H groups in total. The number of aryl methyl sites for hydroxylation is 1. The molecule has 0 aromatic carbocycles. The van der Waals surface area contributed by atoms with E-state index in [2.05, 4.69) is 34.4 Å². The maximum absolute atomic E-state index is 4.16. The predicted octanol–water partition coefficient (Wildman–Crippen LogP) is 2.24. The van der Waals surface area contributed by atoms with Gasteiger partial charge in [-0.3, -0.25) is 4.90 Å². The number of aromatic nitrogens is 4. The quantitative estimate of drug-likeness (QED) is 0.778. The number of tetrazole rings is 1. The number of hydrogen-bond acceptors (Lipinski definition) is 4. The Balaban J connectivity index is 1.89. The van der Waals surface area contributed by atoms with Crippen molar-refractivity contribution in [2.75, 3.05) is 7.05 Å². The van der Waals surface area contributed by atoms with Gasteiger partial charge in [-0.05, 0) is 36.7 Å². The van der Waals surface area contributed by atoms with Crippen LogP contribution in [0.5, 0.6) is 0 Å². The molecule has 0 radical (unpaired) electrons. The van der Waals surface area contributed by atoms with Crippen LogP contribution in [0.4, 0.5) is 0 Å². The van der Waals surface area contributed by atoms with Crippen molar-refractivity contribution in [2.45, 2.75) is 71.0 Å². The molecule has 0 spiro atoms. The first kappa shape index (κ1) is 13.5. The molecule has 0 amide bonds. The van der Waals surface area contributed by atoms with Crippen LogP contribution in [0.15, 0.2) is 0 Å². The Morgan fingerprint density at radius 3 is 2.78 bits per heavy atom. The summed E-state index contributed by atoms with van der Waals surface area (Å²) in [7, 11) is 2.20. The molecule has 2 rings (SSSR count). The summed E-state index contributed by atoms with van der Waals surface area (Å²) in [6.07, 6.45) is 9.12. The summed E-state index contributed by atoms with van der Waals surface area (Å²) in [5.74, 6) is 1.01.